The van der Waals surface area contributed by atoms with E-state index >= 15 is 0 Å². The Hall–Kier alpha value is -2.14. The molecule has 1 saturated heterocycles. The zero-order valence-electron chi connectivity index (χ0n) is 13.1. The third-order valence-electron chi connectivity index (χ3n) is 3.74. The van der Waals surface area contributed by atoms with Gasteiger partial charge in [-0.05, 0) is 12.5 Å². The highest BCUT2D eigenvalue weighted by Crippen LogP contribution is 2.31. The number of sulfonamides is 1. The highest BCUT2D eigenvalue weighted by atomic mass is 32.2. The molecule has 11 heteroatoms. The normalized spacial score (nSPS) is 19.3. The van der Waals surface area contributed by atoms with E-state index in [4.69, 9.17) is 4.74 Å². The molecule has 0 aliphatic carbocycles. The summed E-state index contributed by atoms with van der Waals surface area (Å²) in [4.78, 5) is 7.59. The Morgan fingerprint density at radius 2 is 2.08 bits per heavy atom. The van der Waals surface area contributed by atoms with Crippen LogP contribution in [0.1, 0.15) is 12.0 Å². The van der Waals surface area contributed by atoms with Crippen molar-refractivity contribution in [2.75, 3.05) is 13.1 Å². The number of hydrogen-bond acceptors (Lipinski definition) is 5. The summed E-state index contributed by atoms with van der Waals surface area (Å²) in [6.07, 6.45) is -0.944. The molecule has 1 aliphatic heterocycles. The number of rotatable bonds is 4. The van der Waals surface area contributed by atoms with Gasteiger partial charge in [0.15, 0.2) is 5.03 Å². The lowest BCUT2D eigenvalue weighted by Crippen LogP contribution is -2.31. The fourth-order valence-corrected chi connectivity index (χ4v) is 3.94. The van der Waals surface area contributed by atoms with Gasteiger partial charge in [-0.3, -0.25) is 0 Å². The number of aromatic nitrogens is 3. The largest absolute Gasteiger partial charge is 0.473 e. The van der Waals surface area contributed by atoms with Gasteiger partial charge in [-0.25, -0.2) is 18.4 Å². The van der Waals surface area contributed by atoms with Crippen LogP contribution in [0.5, 0.6) is 5.88 Å². The maximum Gasteiger partial charge on any atom is 0.416 e. The number of imidazole rings is 1. The van der Waals surface area contributed by atoms with Gasteiger partial charge in [0, 0.05) is 32.1 Å². The number of halogens is 3. The van der Waals surface area contributed by atoms with Crippen LogP contribution < -0.4 is 4.74 Å². The molecular formula is C14H15F3N4O3S. The number of ether oxygens (including phenoxy) is 1. The van der Waals surface area contributed by atoms with Gasteiger partial charge in [-0.1, -0.05) is 0 Å². The summed E-state index contributed by atoms with van der Waals surface area (Å²) in [6.45, 7) is 0.222. The molecule has 136 valence electrons. The lowest BCUT2D eigenvalue weighted by atomic mass is 10.2. The number of pyridine rings is 1. The molecule has 1 fully saturated rings. The van der Waals surface area contributed by atoms with Crippen LogP contribution in [0.25, 0.3) is 0 Å². The van der Waals surface area contributed by atoms with E-state index in [9.17, 15) is 21.6 Å². The number of hydrogen-bond donors (Lipinski definition) is 0. The lowest BCUT2D eigenvalue weighted by molar-refractivity contribution is -0.137. The monoisotopic (exact) mass is 376 g/mol. The van der Waals surface area contributed by atoms with E-state index in [1.807, 2.05) is 0 Å². The highest BCUT2D eigenvalue weighted by molar-refractivity contribution is 7.89. The molecular weight excluding hydrogens is 361 g/mol. The summed E-state index contributed by atoms with van der Waals surface area (Å²) < 4.78 is 71.2. The molecule has 0 radical (unpaired) electrons. The second-order valence-electron chi connectivity index (χ2n) is 5.65. The topological polar surface area (TPSA) is 77.3 Å². The Morgan fingerprint density at radius 3 is 2.72 bits per heavy atom. The molecule has 0 bridgehead atoms. The van der Waals surface area contributed by atoms with Gasteiger partial charge in [0.05, 0.1) is 18.4 Å². The lowest BCUT2D eigenvalue weighted by Gasteiger charge is -2.16. The minimum Gasteiger partial charge on any atom is -0.473 e. The van der Waals surface area contributed by atoms with E-state index in [1.165, 1.54) is 21.4 Å². The maximum absolute atomic E-state index is 12.7. The Bertz CT molecular complexity index is 866. The Morgan fingerprint density at radius 1 is 1.32 bits per heavy atom. The first-order valence-electron chi connectivity index (χ1n) is 7.34. The first-order valence-corrected chi connectivity index (χ1v) is 8.78. The maximum atomic E-state index is 12.7. The predicted octanol–water partition coefficient (Wildman–Crippen LogP) is 1.68. The average Bonchev–Trinajstić information content (AvgIpc) is 3.16. The fourth-order valence-electron chi connectivity index (χ4n) is 2.49. The summed E-state index contributed by atoms with van der Waals surface area (Å²) in [5, 5.41) is -0.0761. The third kappa shape index (κ3) is 3.76. The van der Waals surface area contributed by atoms with Crippen LogP contribution in [0.3, 0.4) is 0 Å². The first kappa shape index (κ1) is 17.7. The van der Waals surface area contributed by atoms with E-state index in [2.05, 4.69) is 9.97 Å². The van der Waals surface area contributed by atoms with Gasteiger partial charge in [0.25, 0.3) is 10.0 Å². The molecule has 2 aromatic rings. The van der Waals surface area contributed by atoms with Gasteiger partial charge in [-0.2, -0.15) is 17.5 Å². The minimum absolute atomic E-state index is 0.0246. The van der Waals surface area contributed by atoms with Crippen molar-refractivity contribution in [3.8, 4) is 5.88 Å². The average molecular weight is 376 g/mol. The third-order valence-corrected chi connectivity index (χ3v) is 5.49. The van der Waals surface area contributed by atoms with Crippen molar-refractivity contribution in [1.82, 2.24) is 18.8 Å². The van der Waals surface area contributed by atoms with Crippen LogP contribution in [0, 0.1) is 0 Å². The minimum atomic E-state index is -4.49. The van der Waals surface area contributed by atoms with Gasteiger partial charge in [0.2, 0.25) is 5.88 Å². The van der Waals surface area contributed by atoms with Crippen LogP contribution >= 0.6 is 0 Å². The standard InChI is InChI=1S/C14H15F3N4O3S/c1-20-8-13(19-9-20)25(22,23)21-5-3-11(7-21)24-12-6-10(2-4-18-12)14(15,16)17/h2,4,6,8-9,11H,3,5,7H2,1H3/t11-/m1/s1. The molecule has 25 heavy (non-hydrogen) atoms. The molecule has 7 nitrogen and oxygen atoms in total. The Labute approximate surface area is 142 Å². The Kier molecular flexibility index (Phi) is 4.45. The van der Waals surface area contributed by atoms with Crippen LogP contribution in [0.4, 0.5) is 13.2 Å². The highest BCUT2D eigenvalue weighted by Gasteiger charge is 2.36. The first-order chi connectivity index (χ1) is 11.7. The summed E-state index contributed by atoms with van der Waals surface area (Å²) in [7, 11) is -2.10. The molecule has 2 aromatic heterocycles. The van der Waals surface area contributed by atoms with Crippen molar-refractivity contribution in [3.05, 3.63) is 36.4 Å². The molecule has 0 spiro atoms. The number of aryl methyl sites for hydroxylation is 1. The van der Waals surface area contributed by atoms with Gasteiger partial charge in [-0.15, -0.1) is 0 Å². The molecule has 3 heterocycles. The molecule has 0 saturated carbocycles. The van der Waals surface area contributed by atoms with Crippen LogP contribution in [0.15, 0.2) is 35.9 Å². The number of alkyl halides is 3. The second-order valence-corrected chi connectivity index (χ2v) is 7.53. The van der Waals surface area contributed by atoms with Crippen molar-refractivity contribution in [1.29, 1.82) is 0 Å². The van der Waals surface area contributed by atoms with E-state index in [0.29, 0.717) is 6.42 Å². The smallest absolute Gasteiger partial charge is 0.416 e. The summed E-state index contributed by atoms with van der Waals surface area (Å²) in [5.74, 6) is -0.183. The zero-order valence-corrected chi connectivity index (χ0v) is 14.0. The van der Waals surface area contributed by atoms with E-state index < -0.39 is 27.9 Å². The van der Waals surface area contributed by atoms with Gasteiger partial charge >= 0.3 is 6.18 Å². The van der Waals surface area contributed by atoms with Gasteiger partial charge in [0.1, 0.15) is 6.10 Å². The summed E-state index contributed by atoms with van der Waals surface area (Å²) in [6, 6.07) is 1.65. The van der Waals surface area contributed by atoms with Crippen molar-refractivity contribution in [2.45, 2.75) is 23.7 Å². The quantitative estimate of drug-likeness (QED) is 0.811. The molecule has 0 amide bonds. The predicted molar refractivity (Wildman–Crippen MR) is 80.2 cm³/mol. The van der Waals surface area contributed by atoms with Crippen LogP contribution in [0.2, 0.25) is 0 Å². The summed E-state index contributed by atoms with van der Waals surface area (Å²) >= 11 is 0. The van der Waals surface area contributed by atoms with Crippen LogP contribution in [-0.4, -0.2) is 46.5 Å². The molecule has 0 aromatic carbocycles. The van der Waals surface area contributed by atoms with Crippen molar-refractivity contribution in [3.63, 3.8) is 0 Å². The van der Waals surface area contributed by atoms with Crippen molar-refractivity contribution in [2.24, 2.45) is 7.05 Å². The molecule has 0 unspecified atom stereocenters. The molecule has 1 atom stereocenters. The zero-order chi connectivity index (χ0) is 18.2. The van der Waals surface area contributed by atoms with E-state index in [0.717, 1.165) is 18.3 Å². The summed E-state index contributed by atoms with van der Waals surface area (Å²) in [5.41, 5.74) is -0.867. The molecule has 3 rings (SSSR count). The molecule has 1 aliphatic rings. The van der Waals surface area contributed by atoms with E-state index in [-0.39, 0.29) is 24.0 Å². The Balaban J connectivity index is 1.70. The second kappa shape index (κ2) is 6.30. The van der Waals surface area contributed by atoms with Crippen LogP contribution in [-0.2, 0) is 23.2 Å². The SMILES string of the molecule is Cn1cnc(S(=O)(=O)N2CC[C@@H](Oc3cc(C(F)(F)F)ccn3)C2)c1. The van der Waals surface area contributed by atoms with Crippen molar-refractivity contribution < 1.29 is 26.3 Å². The van der Waals surface area contributed by atoms with Crippen molar-refractivity contribution >= 4 is 10.0 Å². The van der Waals surface area contributed by atoms with Gasteiger partial charge < -0.3 is 9.30 Å². The fraction of sp³-hybridized carbons (Fsp3) is 0.429. The number of nitrogens with zero attached hydrogens (tertiary/aromatic N) is 4. The van der Waals surface area contributed by atoms with E-state index in [1.54, 1.807) is 7.05 Å². The molecule has 0 N–H and O–H groups in total.